The van der Waals surface area contributed by atoms with E-state index in [4.69, 9.17) is 4.74 Å². The van der Waals surface area contributed by atoms with Crippen LogP contribution in [0.5, 0.6) is 11.5 Å². The maximum atomic E-state index is 9.65. The monoisotopic (exact) mass is 385 g/mol. The van der Waals surface area contributed by atoms with Crippen LogP contribution in [-0.2, 0) is 6.42 Å². The predicted octanol–water partition coefficient (Wildman–Crippen LogP) is 3.07. The molecule has 5 nitrogen and oxygen atoms in total. The summed E-state index contributed by atoms with van der Waals surface area (Å²) in [5, 5.41) is 12.7. The lowest BCUT2D eigenvalue weighted by Crippen LogP contribution is -2.04. The summed E-state index contributed by atoms with van der Waals surface area (Å²) in [5.74, 6) is 1.93. The molecule has 0 aliphatic heterocycles. The number of phenols is 1. The molecule has 20 heavy (non-hydrogen) atoms. The molecule has 1 heterocycles. The Bertz CT molecular complexity index is 607. The van der Waals surface area contributed by atoms with Crippen molar-refractivity contribution in [2.45, 2.75) is 13.3 Å². The van der Waals surface area contributed by atoms with Crippen LogP contribution in [0.2, 0.25) is 0 Å². The molecule has 2 rings (SSSR count). The maximum absolute atomic E-state index is 9.65. The first-order valence-corrected chi connectivity index (χ1v) is 7.30. The summed E-state index contributed by atoms with van der Waals surface area (Å²) in [6, 6.07) is 5.09. The fraction of sp³-hybridized carbons (Fsp3) is 0.286. The van der Waals surface area contributed by atoms with E-state index in [0.717, 1.165) is 27.1 Å². The quantitative estimate of drug-likeness (QED) is 0.792. The third kappa shape index (κ3) is 2.79. The summed E-state index contributed by atoms with van der Waals surface area (Å²) in [4.78, 5) is 9.09. The highest BCUT2D eigenvalue weighted by atomic mass is 127. The van der Waals surface area contributed by atoms with Crippen molar-refractivity contribution < 1.29 is 9.84 Å². The summed E-state index contributed by atoms with van der Waals surface area (Å²) in [5.41, 5.74) is 1.80. The van der Waals surface area contributed by atoms with Gasteiger partial charge < -0.3 is 15.2 Å². The Balaban J connectivity index is 2.57. The van der Waals surface area contributed by atoms with Crippen LogP contribution in [0.15, 0.2) is 18.2 Å². The Labute approximate surface area is 131 Å². The number of methoxy groups -OCH3 is 1. The molecule has 2 N–H and O–H groups in total. The average Bonchev–Trinajstić information content (AvgIpc) is 2.48. The average molecular weight is 385 g/mol. The fourth-order valence-electron chi connectivity index (χ4n) is 1.84. The van der Waals surface area contributed by atoms with Gasteiger partial charge in [-0.05, 0) is 47.2 Å². The number of phenolic OH excluding ortho intramolecular Hbond substituents is 1. The number of rotatable bonds is 4. The summed E-state index contributed by atoms with van der Waals surface area (Å²) in [7, 11) is 3.36. The SMILES string of the molecule is CCc1nc(-c2ccc(O)c(OC)c2)nc(NC)c1I. The third-order valence-electron chi connectivity index (χ3n) is 2.93. The van der Waals surface area contributed by atoms with Crippen LogP contribution in [-0.4, -0.2) is 29.2 Å². The van der Waals surface area contributed by atoms with Crippen molar-refractivity contribution in [1.82, 2.24) is 9.97 Å². The highest BCUT2D eigenvalue weighted by molar-refractivity contribution is 14.1. The number of halogens is 1. The van der Waals surface area contributed by atoms with Gasteiger partial charge in [-0.15, -0.1) is 0 Å². The highest BCUT2D eigenvalue weighted by Crippen LogP contribution is 2.31. The van der Waals surface area contributed by atoms with Crippen LogP contribution in [0.25, 0.3) is 11.4 Å². The number of aryl methyl sites for hydroxylation is 1. The van der Waals surface area contributed by atoms with Gasteiger partial charge in [0.25, 0.3) is 0 Å². The number of aromatic nitrogens is 2. The van der Waals surface area contributed by atoms with Gasteiger partial charge in [-0.25, -0.2) is 9.97 Å². The van der Waals surface area contributed by atoms with Crippen molar-refractivity contribution in [3.63, 3.8) is 0 Å². The first-order valence-electron chi connectivity index (χ1n) is 6.22. The van der Waals surface area contributed by atoms with Crippen LogP contribution in [0.3, 0.4) is 0 Å². The zero-order chi connectivity index (χ0) is 14.7. The molecule has 6 heteroatoms. The first kappa shape index (κ1) is 14.8. The maximum Gasteiger partial charge on any atom is 0.161 e. The second-order valence-corrected chi connectivity index (χ2v) is 5.23. The fourth-order valence-corrected chi connectivity index (χ4v) is 2.73. The Kier molecular flexibility index (Phi) is 4.64. The smallest absolute Gasteiger partial charge is 0.161 e. The molecular weight excluding hydrogens is 369 g/mol. The molecule has 0 aliphatic rings. The molecule has 0 radical (unpaired) electrons. The molecular formula is C14H16IN3O2. The van der Waals surface area contributed by atoms with Crippen LogP contribution in [0.4, 0.5) is 5.82 Å². The van der Waals surface area contributed by atoms with Crippen LogP contribution < -0.4 is 10.1 Å². The molecule has 0 saturated carbocycles. The predicted molar refractivity (Wildman–Crippen MR) is 87.3 cm³/mol. The van der Waals surface area contributed by atoms with Gasteiger partial charge in [-0.1, -0.05) is 6.92 Å². The van der Waals surface area contributed by atoms with Gasteiger partial charge in [-0.2, -0.15) is 0 Å². The molecule has 0 unspecified atom stereocenters. The van der Waals surface area contributed by atoms with Crippen molar-refractivity contribution in [1.29, 1.82) is 0 Å². The topological polar surface area (TPSA) is 67.3 Å². The number of ether oxygens (including phenoxy) is 1. The second kappa shape index (κ2) is 6.25. The van der Waals surface area contributed by atoms with Crippen molar-refractivity contribution in [2.75, 3.05) is 19.5 Å². The van der Waals surface area contributed by atoms with Crippen molar-refractivity contribution in [2.24, 2.45) is 0 Å². The Hall–Kier alpha value is -1.57. The van der Waals surface area contributed by atoms with Gasteiger partial charge in [0.05, 0.1) is 16.4 Å². The van der Waals surface area contributed by atoms with Gasteiger partial charge in [0.1, 0.15) is 5.82 Å². The Morgan fingerprint density at radius 1 is 1.35 bits per heavy atom. The van der Waals surface area contributed by atoms with E-state index in [1.54, 1.807) is 18.2 Å². The molecule has 106 valence electrons. The van der Waals surface area contributed by atoms with Crippen molar-refractivity contribution >= 4 is 28.4 Å². The first-order chi connectivity index (χ1) is 9.60. The lowest BCUT2D eigenvalue weighted by atomic mass is 10.1. The second-order valence-electron chi connectivity index (χ2n) is 4.15. The van der Waals surface area contributed by atoms with E-state index in [-0.39, 0.29) is 5.75 Å². The van der Waals surface area contributed by atoms with E-state index in [1.807, 2.05) is 7.05 Å². The molecule has 1 aromatic carbocycles. The minimum absolute atomic E-state index is 0.103. The molecule has 0 bridgehead atoms. The number of aromatic hydroxyl groups is 1. The van der Waals surface area contributed by atoms with E-state index in [0.29, 0.717) is 11.6 Å². The van der Waals surface area contributed by atoms with Crippen molar-refractivity contribution in [3.8, 4) is 22.9 Å². The van der Waals surface area contributed by atoms with Gasteiger partial charge in [0.2, 0.25) is 0 Å². The number of nitrogens with zero attached hydrogens (tertiary/aromatic N) is 2. The highest BCUT2D eigenvalue weighted by Gasteiger charge is 2.13. The normalized spacial score (nSPS) is 10.4. The molecule has 0 fully saturated rings. The lowest BCUT2D eigenvalue weighted by molar-refractivity contribution is 0.373. The van der Waals surface area contributed by atoms with E-state index in [1.165, 1.54) is 7.11 Å². The minimum Gasteiger partial charge on any atom is -0.504 e. The number of hydrogen-bond donors (Lipinski definition) is 2. The van der Waals surface area contributed by atoms with Gasteiger partial charge in [-0.3, -0.25) is 0 Å². The number of nitrogens with one attached hydrogen (secondary N) is 1. The summed E-state index contributed by atoms with van der Waals surface area (Å²) < 4.78 is 6.15. The Morgan fingerprint density at radius 3 is 2.70 bits per heavy atom. The van der Waals surface area contributed by atoms with Gasteiger partial charge >= 0.3 is 0 Å². The lowest BCUT2D eigenvalue weighted by Gasteiger charge is -2.11. The molecule has 1 aromatic heterocycles. The van der Waals surface area contributed by atoms with Crippen LogP contribution in [0.1, 0.15) is 12.6 Å². The van der Waals surface area contributed by atoms with E-state index < -0.39 is 0 Å². The van der Waals surface area contributed by atoms with Crippen molar-refractivity contribution in [3.05, 3.63) is 27.5 Å². The number of hydrogen-bond acceptors (Lipinski definition) is 5. The van der Waals surface area contributed by atoms with Gasteiger partial charge in [0, 0.05) is 12.6 Å². The molecule has 0 aliphatic carbocycles. The number of anilines is 1. The van der Waals surface area contributed by atoms with Gasteiger partial charge in [0.15, 0.2) is 17.3 Å². The largest absolute Gasteiger partial charge is 0.504 e. The molecule has 0 amide bonds. The molecule has 0 atom stereocenters. The van der Waals surface area contributed by atoms with Crippen LogP contribution in [0, 0.1) is 3.57 Å². The van der Waals surface area contributed by atoms with E-state index in [2.05, 4.69) is 44.8 Å². The third-order valence-corrected chi connectivity index (χ3v) is 4.06. The zero-order valence-corrected chi connectivity index (χ0v) is 13.7. The zero-order valence-electron chi connectivity index (χ0n) is 11.6. The molecule has 0 saturated heterocycles. The minimum atomic E-state index is 0.103. The van der Waals surface area contributed by atoms with E-state index >= 15 is 0 Å². The summed E-state index contributed by atoms with van der Waals surface area (Å²) >= 11 is 2.24. The Morgan fingerprint density at radius 2 is 2.10 bits per heavy atom. The van der Waals surface area contributed by atoms with Crippen LogP contribution >= 0.6 is 22.6 Å². The molecule has 2 aromatic rings. The standard InChI is InChI=1S/C14H16IN3O2/c1-4-9-12(15)14(16-2)18-13(17-9)8-5-6-10(19)11(7-8)20-3/h5-7,19H,4H2,1-3H3,(H,16,17,18). The summed E-state index contributed by atoms with van der Waals surface area (Å²) in [6.07, 6.45) is 0.831. The number of benzene rings is 1. The summed E-state index contributed by atoms with van der Waals surface area (Å²) in [6.45, 7) is 2.06. The molecule has 0 spiro atoms. The van der Waals surface area contributed by atoms with E-state index in [9.17, 15) is 5.11 Å².